The largest absolute Gasteiger partial charge is 0.495 e. The molecule has 122 valence electrons. The van der Waals surface area contributed by atoms with Gasteiger partial charge in [0.25, 0.3) is 5.91 Å². The molecule has 0 radical (unpaired) electrons. The van der Waals surface area contributed by atoms with Gasteiger partial charge >= 0.3 is 0 Å². The van der Waals surface area contributed by atoms with Gasteiger partial charge in [-0.3, -0.25) is 4.79 Å². The molecule has 1 heterocycles. The van der Waals surface area contributed by atoms with Crippen LogP contribution >= 0.6 is 0 Å². The van der Waals surface area contributed by atoms with E-state index in [1.54, 1.807) is 48.2 Å². The monoisotopic (exact) mass is 325 g/mol. The number of hydrogen-bond acceptors (Lipinski definition) is 3. The van der Waals surface area contributed by atoms with Crippen molar-refractivity contribution in [2.75, 3.05) is 12.4 Å². The smallest absolute Gasteiger partial charge is 0.276 e. The molecular formula is C18H16FN3O2. The van der Waals surface area contributed by atoms with Crippen LogP contribution in [0.1, 0.15) is 16.2 Å². The highest BCUT2D eigenvalue weighted by Crippen LogP contribution is 2.23. The molecule has 24 heavy (non-hydrogen) atoms. The molecule has 0 aliphatic carbocycles. The Morgan fingerprint density at radius 2 is 1.88 bits per heavy atom. The lowest BCUT2D eigenvalue weighted by Crippen LogP contribution is -2.13. The Hall–Kier alpha value is -3.15. The van der Waals surface area contributed by atoms with Crippen molar-refractivity contribution in [1.82, 2.24) is 9.78 Å². The summed E-state index contributed by atoms with van der Waals surface area (Å²) in [4.78, 5) is 12.4. The summed E-state index contributed by atoms with van der Waals surface area (Å²) in [5, 5.41) is 7.08. The fraction of sp³-hybridized carbons (Fsp3) is 0.111. The highest BCUT2D eigenvalue weighted by Gasteiger charge is 2.15. The number of halogens is 1. The van der Waals surface area contributed by atoms with Crippen LogP contribution in [-0.4, -0.2) is 22.8 Å². The number of anilines is 1. The van der Waals surface area contributed by atoms with E-state index < -0.39 is 0 Å². The first-order valence-electron chi connectivity index (χ1n) is 7.35. The fourth-order valence-corrected chi connectivity index (χ4v) is 2.36. The van der Waals surface area contributed by atoms with Crippen molar-refractivity contribution in [2.45, 2.75) is 6.92 Å². The van der Waals surface area contributed by atoms with Crippen molar-refractivity contribution in [2.24, 2.45) is 0 Å². The van der Waals surface area contributed by atoms with Gasteiger partial charge in [0.05, 0.1) is 18.5 Å². The topological polar surface area (TPSA) is 56.1 Å². The van der Waals surface area contributed by atoms with Gasteiger partial charge < -0.3 is 10.1 Å². The summed E-state index contributed by atoms with van der Waals surface area (Å²) in [5.41, 5.74) is 2.29. The molecular weight excluding hydrogens is 309 g/mol. The number of para-hydroxylation sites is 2. The summed E-state index contributed by atoms with van der Waals surface area (Å²) >= 11 is 0. The third-order valence-corrected chi connectivity index (χ3v) is 3.55. The number of aromatic nitrogens is 2. The standard InChI is InChI=1S/C18H16FN3O2/c1-12-11-16(21-22(12)14-9-7-13(19)8-10-14)18(23)20-15-5-3-4-6-17(15)24-2/h3-11H,1-2H3,(H,20,23). The number of amides is 1. The number of carbonyl (C=O) groups is 1. The van der Waals surface area contributed by atoms with Crippen LogP contribution in [0.2, 0.25) is 0 Å². The average Bonchev–Trinajstić information content (AvgIpc) is 2.98. The van der Waals surface area contributed by atoms with Crippen LogP contribution in [0.3, 0.4) is 0 Å². The van der Waals surface area contributed by atoms with Crippen LogP contribution in [0, 0.1) is 12.7 Å². The number of rotatable bonds is 4. The van der Waals surface area contributed by atoms with Gasteiger partial charge in [0.1, 0.15) is 11.6 Å². The number of nitrogens with zero attached hydrogens (tertiary/aromatic N) is 2. The summed E-state index contributed by atoms with van der Waals surface area (Å²) in [6, 6.07) is 14.7. The third-order valence-electron chi connectivity index (χ3n) is 3.55. The molecule has 0 aliphatic heterocycles. The molecule has 3 rings (SSSR count). The summed E-state index contributed by atoms with van der Waals surface area (Å²) in [6.07, 6.45) is 0. The maximum Gasteiger partial charge on any atom is 0.276 e. The molecule has 6 heteroatoms. The fourth-order valence-electron chi connectivity index (χ4n) is 2.36. The van der Waals surface area contributed by atoms with Crippen molar-refractivity contribution in [3.63, 3.8) is 0 Å². The van der Waals surface area contributed by atoms with E-state index in [0.717, 1.165) is 5.69 Å². The number of hydrogen-bond donors (Lipinski definition) is 1. The maximum atomic E-state index is 13.0. The molecule has 0 spiro atoms. The van der Waals surface area contributed by atoms with Crippen LogP contribution in [0.25, 0.3) is 5.69 Å². The first kappa shape index (κ1) is 15.7. The number of carbonyl (C=O) groups excluding carboxylic acids is 1. The second-order valence-electron chi connectivity index (χ2n) is 5.21. The predicted molar refractivity (Wildman–Crippen MR) is 89.2 cm³/mol. The average molecular weight is 325 g/mol. The molecule has 1 amide bonds. The number of ether oxygens (including phenoxy) is 1. The quantitative estimate of drug-likeness (QED) is 0.797. The van der Waals surface area contributed by atoms with E-state index >= 15 is 0 Å². The first-order chi connectivity index (χ1) is 11.6. The minimum atomic E-state index is -0.344. The molecule has 2 aromatic carbocycles. The zero-order valence-corrected chi connectivity index (χ0v) is 13.3. The van der Waals surface area contributed by atoms with E-state index in [1.165, 1.54) is 12.1 Å². The molecule has 5 nitrogen and oxygen atoms in total. The second kappa shape index (κ2) is 6.54. The molecule has 3 aromatic rings. The van der Waals surface area contributed by atoms with Gasteiger partial charge in [-0.05, 0) is 49.4 Å². The molecule has 0 fully saturated rings. The molecule has 0 saturated heterocycles. The van der Waals surface area contributed by atoms with E-state index in [2.05, 4.69) is 10.4 Å². The summed E-state index contributed by atoms with van der Waals surface area (Å²) in [6.45, 7) is 1.83. The van der Waals surface area contributed by atoms with Gasteiger partial charge in [-0.2, -0.15) is 5.10 Å². The molecule has 0 unspecified atom stereocenters. The molecule has 0 atom stereocenters. The van der Waals surface area contributed by atoms with Crippen LogP contribution in [0.4, 0.5) is 10.1 Å². The lowest BCUT2D eigenvalue weighted by molar-refractivity contribution is 0.102. The summed E-state index contributed by atoms with van der Waals surface area (Å²) < 4.78 is 19.9. The normalized spacial score (nSPS) is 10.5. The van der Waals surface area contributed by atoms with Gasteiger partial charge in [-0.15, -0.1) is 0 Å². The number of benzene rings is 2. The Kier molecular flexibility index (Phi) is 4.29. The Morgan fingerprint density at radius 3 is 2.58 bits per heavy atom. The molecule has 0 bridgehead atoms. The van der Waals surface area contributed by atoms with Gasteiger partial charge in [-0.25, -0.2) is 9.07 Å². The SMILES string of the molecule is COc1ccccc1NC(=O)c1cc(C)n(-c2ccc(F)cc2)n1. The molecule has 1 N–H and O–H groups in total. The van der Waals surface area contributed by atoms with Crippen molar-refractivity contribution in [1.29, 1.82) is 0 Å². The number of methoxy groups -OCH3 is 1. The Bertz CT molecular complexity index is 872. The Labute approximate surface area is 138 Å². The van der Waals surface area contributed by atoms with Crippen molar-refractivity contribution >= 4 is 11.6 Å². The summed E-state index contributed by atoms with van der Waals surface area (Å²) in [7, 11) is 1.54. The lowest BCUT2D eigenvalue weighted by atomic mass is 10.2. The minimum Gasteiger partial charge on any atom is -0.495 e. The van der Waals surface area contributed by atoms with Gasteiger partial charge in [-0.1, -0.05) is 12.1 Å². The van der Waals surface area contributed by atoms with Crippen molar-refractivity contribution < 1.29 is 13.9 Å². The van der Waals surface area contributed by atoms with E-state index in [9.17, 15) is 9.18 Å². The highest BCUT2D eigenvalue weighted by molar-refractivity contribution is 6.03. The predicted octanol–water partition coefficient (Wildman–Crippen LogP) is 3.58. The van der Waals surface area contributed by atoms with Crippen LogP contribution in [0.5, 0.6) is 5.75 Å². The van der Waals surface area contributed by atoms with Crippen molar-refractivity contribution in [3.8, 4) is 11.4 Å². The molecule has 1 aromatic heterocycles. The van der Waals surface area contributed by atoms with Crippen molar-refractivity contribution in [3.05, 3.63) is 71.8 Å². The van der Waals surface area contributed by atoms with E-state index in [4.69, 9.17) is 4.74 Å². The van der Waals surface area contributed by atoms with Crippen LogP contribution in [0.15, 0.2) is 54.6 Å². The zero-order valence-electron chi connectivity index (χ0n) is 13.3. The third kappa shape index (κ3) is 3.12. The number of nitrogens with one attached hydrogen (secondary N) is 1. The van der Waals surface area contributed by atoms with Crippen LogP contribution in [-0.2, 0) is 0 Å². The zero-order chi connectivity index (χ0) is 17.1. The Balaban J connectivity index is 1.86. The highest BCUT2D eigenvalue weighted by atomic mass is 19.1. The summed E-state index contributed by atoms with van der Waals surface area (Å²) in [5.74, 6) is -0.0956. The second-order valence-corrected chi connectivity index (χ2v) is 5.21. The molecule has 0 saturated carbocycles. The van der Waals surface area contributed by atoms with E-state index in [-0.39, 0.29) is 17.4 Å². The minimum absolute atomic E-state index is 0.266. The van der Waals surface area contributed by atoms with E-state index in [0.29, 0.717) is 17.1 Å². The van der Waals surface area contributed by atoms with Gasteiger partial charge in [0.2, 0.25) is 0 Å². The van der Waals surface area contributed by atoms with Gasteiger partial charge in [0.15, 0.2) is 5.69 Å². The lowest BCUT2D eigenvalue weighted by Gasteiger charge is -2.08. The first-order valence-corrected chi connectivity index (χ1v) is 7.35. The Morgan fingerprint density at radius 1 is 1.17 bits per heavy atom. The maximum absolute atomic E-state index is 13.0. The van der Waals surface area contributed by atoms with E-state index in [1.807, 2.05) is 13.0 Å². The number of aryl methyl sites for hydroxylation is 1. The van der Waals surface area contributed by atoms with Gasteiger partial charge in [0, 0.05) is 5.69 Å². The van der Waals surface area contributed by atoms with Crippen LogP contribution < -0.4 is 10.1 Å². The molecule has 0 aliphatic rings.